The molecule has 0 bridgehead atoms. The molecule has 0 aromatic heterocycles. The lowest BCUT2D eigenvalue weighted by Crippen LogP contribution is -2.23. The van der Waals surface area contributed by atoms with Crippen molar-refractivity contribution in [3.05, 3.63) is 12.2 Å². The van der Waals surface area contributed by atoms with Crippen LogP contribution in [0, 0.1) is 11.3 Å². The highest BCUT2D eigenvalue weighted by Crippen LogP contribution is 2.53. The summed E-state index contributed by atoms with van der Waals surface area (Å²) in [5, 5.41) is 3.61. The maximum atomic E-state index is 3.61. The second kappa shape index (κ2) is 1.48. The second-order valence-corrected chi connectivity index (χ2v) is 4.15. The van der Waals surface area contributed by atoms with Gasteiger partial charge in [0.15, 0.2) is 0 Å². The molecule has 10 heavy (non-hydrogen) atoms. The van der Waals surface area contributed by atoms with Gasteiger partial charge >= 0.3 is 0 Å². The standard InChI is InChI=1S/C9H13N/c1-2-7(1)8-5-9(3-4-9)6-10-8/h1-2,7-8,10H,3-6H2. The molecule has 1 aliphatic heterocycles. The van der Waals surface area contributed by atoms with Crippen LogP contribution in [0.3, 0.4) is 0 Å². The molecule has 0 amide bonds. The van der Waals surface area contributed by atoms with Crippen molar-refractivity contribution >= 4 is 0 Å². The van der Waals surface area contributed by atoms with E-state index in [2.05, 4.69) is 17.5 Å². The fraction of sp³-hybridized carbons (Fsp3) is 0.778. The summed E-state index contributed by atoms with van der Waals surface area (Å²) in [5.41, 5.74) is 0.787. The molecule has 0 aromatic carbocycles. The van der Waals surface area contributed by atoms with E-state index in [0.29, 0.717) is 0 Å². The predicted molar refractivity (Wildman–Crippen MR) is 40.7 cm³/mol. The summed E-state index contributed by atoms with van der Waals surface area (Å²) in [4.78, 5) is 0. The van der Waals surface area contributed by atoms with E-state index >= 15 is 0 Å². The molecule has 0 radical (unpaired) electrons. The first-order valence-corrected chi connectivity index (χ1v) is 4.30. The summed E-state index contributed by atoms with van der Waals surface area (Å²) < 4.78 is 0. The molecule has 1 nitrogen and oxygen atoms in total. The van der Waals surface area contributed by atoms with Crippen LogP contribution in [-0.2, 0) is 0 Å². The summed E-state index contributed by atoms with van der Waals surface area (Å²) in [6.07, 6.45) is 9.06. The van der Waals surface area contributed by atoms with E-state index in [-0.39, 0.29) is 0 Å². The van der Waals surface area contributed by atoms with E-state index in [1.807, 2.05) is 0 Å². The number of hydrogen-bond donors (Lipinski definition) is 1. The fourth-order valence-corrected chi connectivity index (χ4v) is 2.12. The highest BCUT2D eigenvalue weighted by atomic mass is 15.0. The molecule has 1 heterocycles. The first-order chi connectivity index (χ1) is 4.88. The molecule has 2 fully saturated rings. The number of rotatable bonds is 1. The van der Waals surface area contributed by atoms with Gasteiger partial charge in [0.05, 0.1) is 0 Å². The van der Waals surface area contributed by atoms with E-state index < -0.39 is 0 Å². The van der Waals surface area contributed by atoms with Crippen molar-refractivity contribution < 1.29 is 0 Å². The molecule has 1 saturated heterocycles. The monoisotopic (exact) mass is 135 g/mol. The third kappa shape index (κ3) is 0.671. The zero-order valence-corrected chi connectivity index (χ0v) is 6.14. The Bertz CT molecular complexity index is 185. The van der Waals surface area contributed by atoms with E-state index in [1.165, 1.54) is 25.8 Å². The van der Waals surface area contributed by atoms with Gasteiger partial charge in [-0.05, 0) is 24.7 Å². The smallest absolute Gasteiger partial charge is 0.0171 e. The van der Waals surface area contributed by atoms with Gasteiger partial charge < -0.3 is 5.32 Å². The molecule has 54 valence electrons. The van der Waals surface area contributed by atoms with Crippen molar-refractivity contribution in [3.8, 4) is 0 Å². The predicted octanol–water partition coefficient (Wildman–Crippen LogP) is 1.31. The number of hydrogen-bond acceptors (Lipinski definition) is 1. The van der Waals surface area contributed by atoms with Crippen molar-refractivity contribution in [3.63, 3.8) is 0 Å². The van der Waals surface area contributed by atoms with E-state index in [0.717, 1.165) is 17.4 Å². The van der Waals surface area contributed by atoms with Crippen molar-refractivity contribution in [1.82, 2.24) is 5.32 Å². The molecular weight excluding hydrogens is 122 g/mol. The summed E-state index contributed by atoms with van der Waals surface area (Å²) in [6.45, 7) is 1.30. The van der Waals surface area contributed by atoms with Crippen LogP contribution in [0.1, 0.15) is 19.3 Å². The van der Waals surface area contributed by atoms with Gasteiger partial charge in [0, 0.05) is 18.5 Å². The quantitative estimate of drug-likeness (QED) is 0.535. The van der Waals surface area contributed by atoms with Crippen LogP contribution in [0.4, 0.5) is 0 Å². The normalized spacial score (nSPS) is 41.0. The van der Waals surface area contributed by atoms with Crippen LogP contribution < -0.4 is 5.32 Å². The maximum absolute atomic E-state index is 3.61. The zero-order chi connectivity index (χ0) is 6.60. The van der Waals surface area contributed by atoms with E-state index in [1.54, 1.807) is 0 Å². The largest absolute Gasteiger partial charge is 0.313 e. The Hall–Kier alpha value is -0.300. The first-order valence-electron chi connectivity index (χ1n) is 4.30. The highest BCUT2D eigenvalue weighted by molar-refractivity contribution is 5.21. The molecule has 1 heteroatoms. The van der Waals surface area contributed by atoms with Crippen molar-refractivity contribution in [2.75, 3.05) is 6.54 Å². The van der Waals surface area contributed by atoms with Crippen LogP contribution in [-0.4, -0.2) is 12.6 Å². The van der Waals surface area contributed by atoms with Gasteiger partial charge in [-0.3, -0.25) is 0 Å². The number of nitrogens with one attached hydrogen (secondary N) is 1. The third-order valence-corrected chi connectivity index (χ3v) is 3.23. The van der Waals surface area contributed by atoms with Gasteiger partial charge in [-0.25, -0.2) is 0 Å². The van der Waals surface area contributed by atoms with Crippen molar-refractivity contribution in [2.45, 2.75) is 25.3 Å². The summed E-state index contributed by atoms with van der Waals surface area (Å²) in [5.74, 6) is 0.833. The second-order valence-electron chi connectivity index (χ2n) is 4.15. The maximum Gasteiger partial charge on any atom is 0.0171 e. The molecule has 1 saturated carbocycles. The Morgan fingerprint density at radius 3 is 2.60 bits per heavy atom. The molecule has 1 unspecified atom stereocenters. The van der Waals surface area contributed by atoms with Gasteiger partial charge in [-0.15, -0.1) is 0 Å². The summed E-state index contributed by atoms with van der Waals surface area (Å²) >= 11 is 0. The Morgan fingerprint density at radius 2 is 2.10 bits per heavy atom. The Labute approximate surface area is 61.5 Å². The van der Waals surface area contributed by atoms with E-state index in [9.17, 15) is 0 Å². The lowest BCUT2D eigenvalue weighted by molar-refractivity contribution is 0.523. The van der Waals surface area contributed by atoms with Gasteiger partial charge in [0.25, 0.3) is 0 Å². The molecule has 1 atom stereocenters. The van der Waals surface area contributed by atoms with Gasteiger partial charge in [-0.2, -0.15) is 0 Å². The van der Waals surface area contributed by atoms with Crippen LogP contribution in [0.15, 0.2) is 12.2 Å². The minimum absolute atomic E-state index is 0.787. The molecular formula is C9H13N. The third-order valence-electron chi connectivity index (χ3n) is 3.23. The minimum Gasteiger partial charge on any atom is -0.313 e. The van der Waals surface area contributed by atoms with E-state index in [4.69, 9.17) is 0 Å². The van der Waals surface area contributed by atoms with Crippen LogP contribution >= 0.6 is 0 Å². The molecule has 3 aliphatic rings. The Kier molecular flexibility index (Phi) is 0.791. The van der Waals surface area contributed by atoms with Crippen LogP contribution in [0.5, 0.6) is 0 Å². The van der Waals surface area contributed by atoms with Crippen LogP contribution in [0.25, 0.3) is 0 Å². The molecule has 2 aliphatic carbocycles. The van der Waals surface area contributed by atoms with Gasteiger partial charge in [0.1, 0.15) is 0 Å². The summed E-state index contributed by atoms with van der Waals surface area (Å²) in [6, 6.07) is 0.822. The first kappa shape index (κ1) is 5.36. The average molecular weight is 135 g/mol. The lowest BCUT2D eigenvalue weighted by Gasteiger charge is -2.06. The SMILES string of the molecule is C1=CC1C1CC2(CC2)CN1. The molecule has 0 aromatic rings. The van der Waals surface area contributed by atoms with Gasteiger partial charge in [0.2, 0.25) is 0 Å². The zero-order valence-electron chi connectivity index (χ0n) is 6.14. The van der Waals surface area contributed by atoms with Crippen molar-refractivity contribution in [1.29, 1.82) is 0 Å². The average Bonchev–Trinajstić information content (AvgIpc) is 2.73. The van der Waals surface area contributed by atoms with Crippen molar-refractivity contribution in [2.24, 2.45) is 11.3 Å². The fourth-order valence-electron chi connectivity index (χ4n) is 2.12. The van der Waals surface area contributed by atoms with Gasteiger partial charge in [-0.1, -0.05) is 12.2 Å². The van der Waals surface area contributed by atoms with Crippen LogP contribution in [0.2, 0.25) is 0 Å². The Balaban J connectivity index is 1.70. The topological polar surface area (TPSA) is 12.0 Å². The molecule has 3 rings (SSSR count). The summed E-state index contributed by atoms with van der Waals surface area (Å²) in [7, 11) is 0. The highest BCUT2D eigenvalue weighted by Gasteiger charge is 2.49. The Morgan fingerprint density at radius 1 is 1.30 bits per heavy atom. The minimum atomic E-state index is 0.787. The lowest BCUT2D eigenvalue weighted by atomic mass is 10.0. The molecule has 1 spiro atoms. The molecule has 1 N–H and O–H groups in total.